The summed E-state index contributed by atoms with van der Waals surface area (Å²) < 4.78 is 6.23. The highest BCUT2D eigenvalue weighted by Gasteiger charge is 2.39. The van der Waals surface area contributed by atoms with E-state index in [0.717, 1.165) is 25.7 Å². The Balaban J connectivity index is 2.17. The minimum absolute atomic E-state index is 0.423. The highest BCUT2D eigenvalue weighted by Crippen LogP contribution is 2.45. The summed E-state index contributed by atoms with van der Waals surface area (Å²) in [5, 5.41) is 1.20. The molecular formula is C20H23OP. The van der Waals surface area contributed by atoms with Crippen LogP contribution in [0.2, 0.25) is 0 Å². The third kappa shape index (κ3) is 2.76. The lowest BCUT2D eigenvalue weighted by molar-refractivity contribution is 0.0450. The Kier molecular flexibility index (Phi) is 4.76. The first kappa shape index (κ1) is 15.5. The predicted octanol–water partition coefficient (Wildman–Crippen LogP) is 4.58. The zero-order valence-corrected chi connectivity index (χ0v) is 14.2. The van der Waals surface area contributed by atoms with Crippen LogP contribution in [0.1, 0.15) is 31.2 Å². The standard InChI is InChI=1S/C20H23OP/c1-21-20(16-8-4-2-5-9-16,17-10-6-3-7-11-17)18-12-14-19(22)15-13-18/h2-4,6,8,10,12-15H,5,7,9,11,22H2,1H3. The minimum Gasteiger partial charge on any atom is -0.365 e. The lowest BCUT2D eigenvalue weighted by Crippen LogP contribution is -2.34. The van der Waals surface area contributed by atoms with E-state index in [-0.39, 0.29) is 0 Å². The van der Waals surface area contributed by atoms with Gasteiger partial charge >= 0.3 is 0 Å². The van der Waals surface area contributed by atoms with Crippen LogP contribution in [0.4, 0.5) is 0 Å². The SMILES string of the molecule is COC(C1=CC=CCC1)(C1=CC=CCC1)c1ccc(P)cc1. The molecule has 1 unspecified atom stereocenters. The van der Waals surface area contributed by atoms with Crippen molar-refractivity contribution >= 4 is 14.5 Å². The summed E-state index contributed by atoms with van der Waals surface area (Å²) in [6.07, 6.45) is 17.5. The molecule has 22 heavy (non-hydrogen) atoms. The van der Waals surface area contributed by atoms with E-state index in [4.69, 9.17) is 4.74 Å². The van der Waals surface area contributed by atoms with Gasteiger partial charge in [0, 0.05) is 7.11 Å². The van der Waals surface area contributed by atoms with E-state index in [1.54, 1.807) is 0 Å². The van der Waals surface area contributed by atoms with Gasteiger partial charge in [0.05, 0.1) is 0 Å². The molecular weight excluding hydrogens is 287 g/mol. The van der Waals surface area contributed by atoms with Crippen LogP contribution in [0, 0.1) is 0 Å². The first-order valence-electron chi connectivity index (χ1n) is 7.91. The van der Waals surface area contributed by atoms with E-state index in [9.17, 15) is 0 Å². The molecule has 1 nitrogen and oxygen atoms in total. The maximum absolute atomic E-state index is 6.23. The van der Waals surface area contributed by atoms with E-state index < -0.39 is 5.60 Å². The average Bonchev–Trinajstić information content (AvgIpc) is 2.59. The lowest BCUT2D eigenvalue weighted by atomic mass is 9.74. The van der Waals surface area contributed by atoms with E-state index in [0.29, 0.717) is 0 Å². The molecule has 2 aliphatic rings. The van der Waals surface area contributed by atoms with Gasteiger partial charge < -0.3 is 4.74 Å². The summed E-state index contributed by atoms with van der Waals surface area (Å²) in [7, 11) is 4.59. The number of methoxy groups -OCH3 is 1. The van der Waals surface area contributed by atoms with Crippen LogP contribution in [-0.4, -0.2) is 7.11 Å². The summed E-state index contributed by atoms with van der Waals surface area (Å²) in [6, 6.07) is 8.69. The molecule has 0 fully saturated rings. The third-order valence-corrected chi connectivity index (χ3v) is 4.94. The molecule has 1 atom stereocenters. The largest absolute Gasteiger partial charge is 0.365 e. The summed E-state index contributed by atoms with van der Waals surface area (Å²) >= 11 is 0. The molecule has 1 aromatic carbocycles. The van der Waals surface area contributed by atoms with Gasteiger partial charge in [0.1, 0.15) is 5.60 Å². The van der Waals surface area contributed by atoms with Gasteiger partial charge in [-0.1, -0.05) is 60.7 Å². The first-order valence-corrected chi connectivity index (χ1v) is 8.48. The van der Waals surface area contributed by atoms with Gasteiger partial charge in [0.2, 0.25) is 0 Å². The molecule has 114 valence electrons. The monoisotopic (exact) mass is 310 g/mol. The zero-order chi connectivity index (χ0) is 15.4. The number of hydrogen-bond donors (Lipinski definition) is 0. The molecule has 0 aliphatic heterocycles. The highest BCUT2D eigenvalue weighted by molar-refractivity contribution is 7.27. The second-order valence-corrected chi connectivity index (χ2v) is 6.49. The fraction of sp³-hybridized carbons (Fsp3) is 0.300. The van der Waals surface area contributed by atoms with Crippen molar-refractivity contribution in [2.45, 2.75) is 31.3 Å². The van der Waals surface area contributed by atoms with Crippen molar-refractivity contribution in [1.82, 2.24) is 0 Å². The average molecular weight is 310 g/mol. The van der Waals surface area contributed by atoms with E-state index >= 15 is 0 Å². The molecule has 0 radical (unpaired) electrons. The van der Waals surface area contributed by atoms with E-state index in [1.165, 1.54) is 22.0 Å². The Hall–Kier alpha value is -1.43. The van der Waals surface area contributed by atoms with Crippen molar-refractivity contribution in [3.8, 4) is 0 Å². The van der Waals surface area contributed by atoms with Crippen LogP contribution >= 0.6 is 9.24 Å². The fourth-order valence-electron chi connectivity index (χ4n) is 3.47. The molecule has 0 spiro atoms. The number of benzene rings is 1. The van der Waals surface area contributed by atoms with Crippen molar-refractivity contribution in [2.75, 3.05) is 7.11 Å². The quantitative estimate of drug-likeness (QED) is 0.740. The summed E-state index contributed by atoms with van der Waals surface area (Å²) in [5.74, 6) is 0. The summed E-state index contributed by atoms with van der Waals surface area (Å²) in [6.45, 7) is 0. The zero-order valence-electron chi connectivity index (χ0n) is 13.1. The van der Waals surface area contributed by atoms with Crippen LogP contribution in [0.15, 0.2) is 71.9 Å². The van der Waals surface area contributed by atoms with Crippen LogP contribution in [0.25, 0.3) is 0 Å². The maximum Gasteiger partial charge on any atom is 0.136 e. The lowest BCUT2D eigenvalue weighted by Gasteiger charge is -2.39. The molecule has 0 N–H and O–H groups in total. The Labute approximate surface area is 135 Å². The van der Waals surface area contributed by atoms with E-state index in [1.807, 2.05) is 7.11 Å². The van der Waals surface area contributed by atoms with Crippen molar-refractivity contribution in [3.63, 3.8) is 0 Å². The second-order valence-electron chi connectivity index (χ2n) is 5.82. The van der Waals surface area contributed by atoms with Gasteiger partial charge in [0.25, 0.3) is 0 Å². The normalized spacial score (nSPS) is 18.1. The summed E-state index contributed by atoms with van der Waals surface area (Å²) in [4.78, 5) is 0. The molecule has 0 amide bonds. The highest BCUT2D eigenvalue weighted by atomic mass is 31.0. The molecule has 0 heterocycles. The molecule has 0 saturated carbocycles. The van der Waals surface area contributed by atoms with Gasteiger partial charge in [-0.15, -0.1) is 9.24 Å². The van der Waals surface area contributed by atoms with Gasteiger partial charge in [-0.3, -0.25) is 0 Å². The fourth-order valence-corrected chi connectivity index (χ4v) is 3.66. The van der Waals surface area contributed by atoms with Gasteiger partial charge in [-0.2, -0.15) is 0 Å². The maximum atomic E-state index is 6.23. The third-order valence-electron chi connectivity index (χ3n) is 4.56. The molecule has 2 heteroatoms. The molecule has 0 bridgehead atoms. The van der Waals surface area contributed by atoms with E-state index in [2.05, 4.69) is 70.0 Å². The minimum atomic E-state index is -0.423. The molecule has 0 aromatic heterocycles. The molecule has 2 aliphatic carbocycles. The smallest absolute Gasteiger partial charge is 0.136 e. The van der Waals surface area contributed by atoms with Crippen LogP contribution in [-0.2, 0) is 10.3 Å². The number of ether oxygens (including phenoxy) is 1. The Morgan fingerprint density at radius 1 is 0.909 bits per heavy atom. The Bertz CT molecular complexity index is 615. The van der Waals surface area contributed by atoms with Crippen molar-refractivity contribution < 1.29 is 4.74 Å². The number of hydrogen-bond acceptors (Lipinski definition) is 1. The number of allylic oxidation sites excluding steroid dienone is 6. The molecule has 3 rings (SSSR count). The molecule has 0 saturated heterocycles. The predicted molar refractivity (Wildman–Crippen MR) is 97.4 cm³/mol. The number of rotatable bonds is 4. The molecule has 1 aromatic rings. The van der Waals surface area contributed by atoms with Crippen LogP contribution in [0.5, 0.6) is 0 Å². The van der Waals surface area contributed by atoms with Crippen LogP contribution in [0.3, 0.4) is 0 Å². The topological polar surface area (TPSA) is 9.23 Å². The Morgan fingerprint density at radius 2 is 1.45 bits per heavy atom. The van der Waals surface area contributed by atoms with Crippen LogP contribution < -0.4 is 5.30 Å². The van der Waals surface area contributed by atoms with Gasteiger partial charge in [-0.25, -0.2) is 0 Å². The first-order chi connectivity index (χ1) is 10.8. The van der Waals surface area contributed by atoms with Crippen molar-refractivity contribution in [3.05, 3.63) is 77.4 Å². The van der Waals surface area contributed by atoms with Gasteiger partial charge in [0.15, 0.2) is 0 Å². The second kappa shape index (κ2) is 6.77. The van der Waals surface area contributed by atoms with Crippen molar-refractivity contribution in [2.24, 2.45) is 0 Å². The Morgan fingerprint density at radius 3 is 1.86 bits per heavy atom. The van der Waals surface area contributed by atoms with Gasteiger partial charge in [-0.05, 0) is 47.7 Å². The summed E-state index contributed by atoms with van der Waals surface area (Å²) in [5.41, 5.74) is 3.52. The van der Waals surface area contributed by atoms with Crippen molar-refractivity contribution in [1.29, 1.82) is 0 Å².